The van der Waals surface area contributed by atoms with E-state index in [0.717, 1.165) is 6.54 Å². The molecule has 2 rings (SSSR count). The Hall–Kier alpha value is 0.430. The molecular formula is C11H17BrClNS. The van der Waals surface area contributed by atoms with E-state index in [1.54, 1.807) is 0 Å². The Bertz CT molecular complexity index is 309. The third kappa shape index (κ3) is 3.74. The predicted molar refractivity (Wildman–Crippen MR) is 72.9 cm³/mol. The van der Waals surface area contributed by atoms with Crippen LogP contribution in [0.1, 0.15) is 31.1 Å². The molecule has 15 heavy (non-hydrogen) atoms. The van der Waals surface area contributed by atoms with Crippen molar-refractivity contribution in [3.05, 3.63) is 20.8 Å². The fourth-order valence-corrected chi connectivity index (χ4v) is 3.31. The lowest BCUT2D eigenvalue weighted by atomic mass is 9.70. The van der Waals surface area contributed by atoms with E-state index in [-0.39, 0.29) is 12.4 Å². The fourth-order valence-electron chi connectivity index (χ4n) is 1.89. The molecule has 1 aliphatic rings. The van der Waals surface area contributed by atoms with Gasteiger partial charge in [0.25, 0.3) is 0 Å². The Balaban J connectivity index is 0.00000112. The SMILES string of the molecule is CC1(CNCc2cc(Br)cs2)CCC1.Cl. The van der Waals surface area contributed by atoms with Gasteiger partial charge in [-0.15, -0.1) is 23.7 Å². The van der Waals surface area contributed by atoms with Crippen LogP contribution in [0, 0.1) is 5.41 Å². The van der Waals surface area contributed by atoms with E-state index in [1.165, 1.54) is 35.2 Å². The average molecular weight is 311 g/mol. The summed E-state index contributed by atoms with van der Waals surface area (Å²) < 4.78 is 1.20. The summed E-state index contributed by atoms with van der Waals surface area (Å²) in [5.74, 6) is 0. The molecule has 0 bridgehead atoms. The summed E-state index contributed by atoms with van der Waals surface area (Å²) in [6.45, 7) is 4.57. The highest BCUT2D eigenvalue weighted by Gasteiger charge is 2.30. The van der Waals surface area contributed by atoms with Gasteiger partial charge in [0, 0.05) is 27.8 Å². The van der Waals surface area contributed by atoms with Gasteiger partial charge in [0.05, 0.1) is 0 Å². The molecule has 1 aromatic rings. The van der Waals surface area contributed by atoms with Crippen molar-refractivity contribution in [1.29, 1.82) is 0 Å². The van der Waals surface area contributed by atoms with Gasteiger partial charge in [0.15, 0.2) is 0 Å². The molecule has 1 heterocycles. The molecule has 0 unspecified atom stereocenters. The zero-order chi connectivity index (χ0) is 10.0. The molecule has 0 spiro atoms. The molecule has 1 N–H and O–H groups in total. The molecule has 4 heteroatoms. The largest absolute Gasteiger partial charge is 0.311 e. The summed E-state index contributed by atoms with van der Waals surface area (Å²) in [5.41, 5.74) is 0.592. The van der Waals surface area contributed by atoms with Gasteiger partial charge in [-0.05, 0) is 40.3 Å². The van der Waals surface area contributed by atoms with Crippen molar-refractivity contribution in [3.63, 3.8) is 0 Å². The lowest BCUT2D eigenvalue weighted by Gasteiger charge is -2.38. The number of hydrogen-bond acceptors (Lipinski definition) is 2. The van der Waals surface area contributed by atoms with Gasteiger partial charge in [-0.3, -0.25) is 0 Å². The molecule has 0 aliphatic heterocycles. The smallest absolute Gasteiger partial charge is 0.0300 e. The van der Waals surface area contributed by atoms with E-state index >= 15 is 0 Å². The molecule has 1 aromatic heterocycles. The zero-order valence-electron chi connectivity index (χ0n) is 8.88. The van der Waals surface area contributed by atoms with Crippen molar-refractivity contribution < 1.29 is 0 Å². The first-order valence-corrected chi connectivity index (χ1v) is 6.79. The molecule has 86 valence electrons. The summed E-state index contributed by atoms with van der Waals surface area (Å²) in [5, 5.41) is 5.69. The predicted octanol–water partition coefficient (Wildman–Crippen LogP) is 4.21. The average Bonchev–Trinajstić information content (AvgIpc) is 2.49. The molecule has 0 radical (unpaired) electrons. The van der Waals surface area contributed by atoms with Crippen molar-refractivity contribution >= 4 is 39.7 Å². The molecule has 1 aliphatic carbocycles. The maximum absolute atomic E-state index is 3.55. The van der Waals surface area contributed by atoms with E-state index in [0.29, 0.717) is 5.41 Å². The lowest BCUT2D eigenvalue weighted by Crippen LogP contribution is -2.36. The van der Waals surface area contributed by atoms with E-state index in [4.69, 9.17) is 0 Å². The Kier molecular flexibility index (Phi) is 5.10. The minimum absolute atomic E-state index is 0. The number of thiophene rings is 1. The van der Waals surface area contributed by atoms with Crippen LogP contribution in [0.25, 0.3) is 0 Å². The molecule has 0 atom stereocenters. The summed E-state index contributed by atoms with van der Waals surface area (Å²) in [6, 6.07) is 2.20. The van der Waals surface area contributed by atoms with Crippen LogP contribution < -0.4 is 5.32 Å². The highest BCUT2D eigenvalue weighted by atomic mass is 79.9. The maximum atomic E-state index is 3.55. The zero-order valence-corrected chi connectivity index (χ0v) is 12.1. The Morgan fingerprint density at radius 3 is 2.73 bits per heavy atom. The van der Waals surface area contributed by atoms with Crippen LogP contribution in [-0.4, -0.2) is 6.54 Å². The van der Waals surface area contributed by atoms with Crippen molar-refractivity contribution in [2.24, 2.45) is 5.41 Å². The van der Waals surface area contributed by atoms with E-state index in [2.05, 4.69) is 39.6 Å². The van der Waals surface area contributed by atoms with Crippen LogP contribution in [0.5, 0.6) is 0 Å². The first kappa shape index (κ1) is 13.5. The van der Waals surface area contributed by atoms with Gasteiger partial charge in [0.2, 0.25) is 0 Å². The maximum Gasteiger partial charge on any atom is 0.0300 e. The lowest BCUT2D eigenvalue weighted by molar-refractivity contribution is 0.156. The van der Waals surface area contributed by atoms with Gasteiger partial charge in [-0.25, -0.2) is 0 Å². The fraction of sp³-hybridized carbons (Fsp3) is 0.636. The normalized spacial score (nSPS) is 18.0. The summed E-state index contributed by atoms with van der Waals surface area (Å²) >= 11 is 5.29. The summed E-state index contributed by atoms with van der Waals surface area (Å²) in [4.78, 5) is 1.42. The number of hydrogen-bond donors (Lipinski definition) is 1. The van der Waals surface area contributed by atoms with Crippen LogP contribution in [-0.2, 0) is 6.54 Å². The topological polar surface area (TPSA) is 12.0 Å². The van der Waals surface area contributed by atoms with Gasteiger partial charge in [0.1, 0.15) is 0 Å². The molecule has 1 saturated carbocycles. The van der Waals surface area contributed by atoms with Crippen molar-refractivity contribution in [2.45, 2.75) is 32.7 Å². The van der Waals surface area contributed by atoms with Gasteiger partial charge in [-0.2, -0.15) is 0 Å². The highest BCUT2D eigenvalue weighted by Crippen LogP contribution is 2.39. The second-order valence-corrected chi connectivity index (χ2v) is 6.41. The standard InChI is InChI=1S/C11H16BrNS.ClH/c1-11(3-2-4-11)8-13-6-10-5-9(12)7-14-10;/h5,7,13H,2-4,6,8H2,1H3;1H. The second-order valence-electron chi connectivity index (χ2n) is 4.50. The number of halogens is 2. The monoisotopic (exact) mass is 309 g/mol. The van der Waals surface area contributed by atoms with E-state index < -0.39 is 0 Å². The molecule has 1 fully saturated rings. The summed E-state index contributed by atoms with van der Waals surface area (Å²) in [7, 11) is 0. The van der Waals surface area contributed by atoms with E-state index in [9.17, 15) is 0 Å². The Morgan fingerprint density at radius 2 is 2.27 bits per heavy atom. The summed E-state index contributed by atoms with van der Waals surface area (Å²) in [6.07, 6.45) is 4.21. The minimum Gasteiger partial charge on any atom is -0.311 e. The van der Waals surface area contributed by atoms with Gasteiger partial charge < -0.3 is 5.32 Å². The van der Waals surface area contributed by atoms with E-state index in [1.807, 2.05) is 11.3 Å². The van der Waals surface area contributed by atoms with Crippen LogP contribution in [0.3, 0.4) is 0 Å². The first-order valence-electron chi connectivity index (χ1n) is 5.12. The highest BCUT2D eigenvalue weighted by molar-refractivity contribution is 9.10. The van der Waals surface area contributed by atoms with Gasteiger partial charge >= 0.3 is 0 Å². The number of rotatable bonds is 4. The minimum atomic E-state index is 0. The van der Waals surface area contributed by atoms with Crippen LogP contribution in [0.15, 0.2) is 15.9 Å². The number of nitrogens with one attached hydrogen (secondary N) is 1. The van der Waals surface area contributed by atoms with Gasteiger partial charge in [-0.1, -0.05) is 13.3 Å². The third-order valence-electron chi connectivity index (χ3n) is 3.03. The van der Waals surface area contributed by atoms with Crippen molar-refractivity contribution in [3.8, 4) is 0 Å². The third-order valence-corrected chi connectivity index (χ3v) is 4.73. The molecule has 0 saturated heterocycles. The van der Waals surface area contributed by atoms with Crippen LogP contribution in [0.2, 0.25) is 0 Å². The quantitative estimate of drug-likeness (QED) is 0.878. The van der Waals surface area contributed by atoms with Crippen molar-refractivity contribution in [2.75, 3.05) is 6.54 Å². The first-order chi connectivity index (χ1) is 6.68. The molecule has 1 nitrogen and oxygen atoms in total. The Morgan fingerprint density at radius 1 is 1.53 bits per heavy atom. The second kappa shape index (κ2) is 5.67. The molecule has 0 amide bonds. The Labute approximate surface area is 110 Å². The van der Waals surface area contributed by atoms with Crippen molar-refractivity contribution in [1.82, 2.24) is 5.32 Å². The van der Waals surface area contributed by atoms with Crippen LogP contribution in [0.4, 0.5) is 0 Å². The molecule has 0 aromatic carbocycles. The molecular weight excluding hydrogens is 294 g/mol. The van der Waals surface area contributed by atoms with Crippen LogP contribution >= 0.6 is 39.7 Å².